The summed E-state index contributed by atoms with van der Waals surface area (Å²) in [6.07, 6.45) is -5.40. The van der Waals surface area contributed by atoms with Crippen molar-refractivity contribution in [2.45, 2.75) is 24.0 Å². The third kappa shape index (κ3) is 3.16. The summed E-state index contributed by atoms with van der Waals surface area (Å²) in [6.45, 7) is -1.77. The summed E-state index contributed by atoms with van der Waals surface area (Å²) >= 11 is 0. The first kappa shape index (κ1) is 12.7. The van der Waals surface area contributed by atoms with Crippen molar-refractivity contribution in [2.24, 2.45) is 5.73 Å². The highest BCUT2D eigenvalue weighted by molar-refractivity contribution is 4.88. The fourth-order valence-electron chi connectivity index (χ4n) is 0.708. The molecule has 0 rings (SSSR count). The quantitative estimate of drug-likeness (QED) is 0.220. The Morgan fingerprint density at radius 3 is 1.92 bits per heavy atom. The lowest BCUT2D eigenvalue weighted by atomic mass is 9.99. The molecule has 0 radical (unpaired) electrons. The molecule has 0 saturated heterocycles. The number of aliphatic hydroxyl groups excluding tert-OH is 5. The van der Waals surface area contributed by atoms with Crippen LogP contribution in [0.5, 0.6) is 0 Å². The van der Waals surface area contributed by atoms with Crippen LogP contribution in [-0.4, -0.2) is 67.9 Å². The summed E-state index contributed by atoms with van der Waals surface area (Å²) < 4.78 is 0. The summed E-state index contributed by atoms with van der Waals surface area (Å²) in [5, 5.41) is 52.9. The van der Waals surface area contributed by atoms with Crippen LogP contribution < -0.4 is 5.73 Å². The Hall–Kier alpha value is -0.280. The van der Waals surface area contributed by atoms with Gasteiger partial charge in [0, 0.05) is 0 Å². The van der Waals surface area contributed by atoms with Crippen LogP contribution in [0.2, 0.25) is 0 Å². The normalized spacial score (nSPS) is 23.3. The molecule has 0 aromatic heterocycles. The number of aliphatic hydroxyl groups is 6. The van der Waals surface area contributed by atoms with E-state index in [-0.39, 0.29) is 0 Å². The maximum Gasteiger partial charge on any atom is 0.165 e. The van der Waals surface area contributed by atoms with Crippen molar-refractivity contribution >= 4 is 0 Å². The van der Waals surface area contributed by atoms with E-state index in [2.05, 4.69) is 0 Å². The molecular formula is C6H15NO6. The van der Waals surface area contributed by atoms with E-state index in [0.717, 1.165) is 0 Å². The van der Waals surface area contributed by atoms with Gasteiger partial charge in [0.1, 0.15) is 18.3 Å². The van der Waals surface area contributed by atoms with Gasteiger partial charge in [0.2, 0.25) is 0 Å². The fourth-order valence-corrected chi connectivity index (χ4v) is 0.708. The second-order valence-corrected chi connectivity index (χ2v) is 2.83. The molecular weight excluding hydrogens is 182 g/mol. The highest BCUT2D eigenvalue weighted by atomic mass is 16.4. The van der Waals surface area contributed by atoms with Crippen LogP contribution in [0.25, 0.3) is 0 Å². The van der Waals surface area contributed by atoms with Gasteiger partial charge in [-0.15, -0.1) is 0 Å². The molecule has 4 atom stereocenters. The summed E-state index contributed by atoms with van der Waals surface area (Å²) in [5.41, 5.74) is 2.55. The predicted octanol–water partition coefficient (Wildman–Crippen LogP) is -4.30. The zero-order valence-electron chi connectivity index (χ0n) is 6.91. The van der Waals surface area contributed by atoms with Crippen molar-refractivity contribution in [1.29, 1.82) is 0 Å². The van der Waals surface area contributed by atoms with Gasteiger partial charge >= 0.3 is 0 Å². The minimum Gasteiger partial charge on any atom is -0.394 e. The Labute approximate surface area is 74.7 Å². The lowest BCUT2D eigenvalue weighted by Gasteiger charge is -2.31. The van der Waals surface area contributed by atoms with E-state index in [4.69, 9.17) is 36.4 Å². The van der Waals surface area contributed by atoms with Crippen molar-refractivity contribution in [3.63, 3.8) is 0 Å². The van der Waals surface area contributed by atoms with E-state index >= 15 is 0 Å². The van der Waals surface area contributed by atoms with E-state index < -0.39 is 37.3 Å². The average Bonchev–Trinajstić information content (AvgIpc) is 2.14. The van der Waals surface area contributed by atoms with Crippen LogP contribution in [-0.2, 0) is 0 Å². The van der Waals surface area contributed by atoms with Gasteiger partial charge in [0.25, 0.3) is 0 Å². The lowest BCUT2D eigenvalue weighted by molar-refractivity contribution is -0.169. The number of hydrogen-bond donors (Lipinski definition) is 7. The molecule has 80 valence electrons. The molecule has 0 unspecified atom stereocenters. The molecule has 0 aromatic carbocycles. The smallest absolute Gasteiger partial charge is 0.165 e. The third-order valence-electron chi connectivity index (χ3n) is 1.67. The first-order valence-corrected chi connectivity index (χ1v) is 3.64. The third-order valence-corrected chi connectivity index (χ3v) is 1.67. The van der Waals surface area contributed by atoms with Gasteiger partial charge in [-0.1, -0.05) is 0 Å². The minimum atomic E-state index is -2.41. The summed E-state index contributed by atoms with van der Waals surface area (Å²) in [5.74, 6) is 0. The Morgan fingerprint density at radius 2 is 1.62 bits per heavy atom. The molecule has 0 spiro atoms. The molecule has 0 fully saturated rings. The van der Waals surface area contributed by atoms with Gasteiger partial charge in [-0.25, -0.2) is 0 Å². The van der Waals surface area contributed by atoms with Gasteiger partial charge in [0.05, 0.1) is 13.2 Å². The second kappa shape index (κ2) is 4.82. The van der Waals surface area contributed by atoms with E-state index in [1.807, 2.05) is 0 Å². The molecule has 7 heteroatoms. The largest absolute Gasteiger partial charge is 0.394 e. The zero-order valence-corrected chi connectivity index (χ0v) is 6.91. The van der Waals surface area contributed by atoms with Gasteiger partial charge < -0.3 is 30.6 Å². The first-order valence-electron chi connectivity index (χ1n) is 3.64. The van der Waals surface area contributed by atoms with Crippen LogP contribution >= 0.6 is 0 Å². The van der Waals surface area contributed by atoms with Gasteiger partial charge in [-0.05, 0) is 0 Å². The van der Waals surface area contributed by atoms with Crippen LogP contribution in [0.1, 0.15) is 0 Å². The highest BCUT2D eigenvalue weighted by Crippen LogP contribution is 2.09. The molecule has 0 aromatic rings. The number of hydrogen-bond acceptors (Lipinski definition) is 7. The van der Waals surface area contributed by atoms with E-state index in [1.54, 1.807) is 0 Å². The fraction of sp³-hybridized carbons (Fsp3) is 1.00. The topological polar surface area (TPSA) is 147 Å². The van der Waals surface area contributed by atoms with Crippen LogP contribution in [0, 0.1) is 0 Å². The molecule has 8 N–H and O–H groups in total. The molecule has 7 nitrogen and oxygen atoms in total. The lowest BCUT2D eigenvalue weighted by Crippen LogP contribution is -2.61. The summed E-state index contributed by atoms with van der Waals surface area (Å²) in [6, 6.07) is 0. The molecule has 13 heavy (non-hydrogen) atoms. The monoisotopic (exact) mass is 197 g/mol. The van der Waals surface area contributed by atoms with Crippen molar-refractivity contribution in [3.05, 3.63) is 0 Å². The van der Waals surface area contributed by atoms with Crippen LogP contribution in [0.3, 0.4) is 0 Å². The summed E-state index contributed by atoms with van der Waals surface area (Å²) in [7, 11) is 0. The molecule has 0 amide bonds. The zero-order chi connectivity index (χ0) is 10.6. The minimum absolute atomic E-state index is 0.792. The highest BCUT2D eigenvalue weighted by Gasteiger charge is 2.38. The Kier molecular flexibility index (Phi) is 4.71. The standard InChI is InChI=1S/C6H15NO6/c7-6(13,2-9)5(12)4(11)3(10)1-8/h3-5,8-13H,1-2,7H2/t3-,4+,5-,6-/m0/s1. The first-order chi connectivity index (χ1) is 5.86. The molecule has 0 bridgehead atoms. The molecule has 0 aliphatic carbocycles. The van der Waals surface area contributed by atoms with Crippen LogP contribution in [0.4, 0.5) is 0 Å². The average molecular weight is 197 g/mol. The molecule has 0 aliphatic rings. The van der Waals surface area contributed by atoms with E-state index in [0.29, 0.717) is 0 Å². The van der Waals surface area contributed by atoms with E-state index in [1.165, 1.54) is 0 Å². The van der Waals surface area contributed by atoms with E-state index in [9.17, 15) is 0 Å². The summed E-state index contributed by atoms with van der Waals surface area (Å²) in [4.78, 5) is 0. The molecule has 0 saturated carbocycles. The maximum atomic E-state index is 9.09. The van der Waals surface area contributed by atoms with Gasteiger partial charge in [-0.2, -0.15) is 0 Å². The van der Waals surface area contributed by atoms with Gasteiger partial charge in [-0.3, -0.25) is 5.73 Å². The Bertz CT molecular complexity index is 152. The number of rotatable bonds is 5. The predicted molar refractivity (Wildman–Crippen MR) is 41.3 cm³/mol. The molecule has 0 heterocycles. The van der Waals surface area contributed by atoms with Crippen molar-refractivity contribution in [1.82, 2.24) is 0 Å². The van der Waals surface area contributed by atoms with Crippen molar-refractivity contribution in [3.8, 4) is 0 Å². The second-order valence-electron chi connectivity index (χ2n) is 2.83. The van der Waals surface area contributed by atoms with Crippen molar-refractivity contribution < 1.29 is 30.6 Å². The molecule has 0 aliphatic heterocycles. The van der Waals surface area contributed by atoms with Gasteiger partial charge in [0.15, 0.2) is 5.72 Å². The Morgan fingerprint density at radius 1 is 1.15 bits per heavy atom. The number of nitrogens with two attached hydrogens (primary N) is 1. The maximum absolute atomic E-state index is 9.09. The van der Waals surface area contributed by atoms with Crippen LogP contribution in [0.15, 0.2) is 0 Å². The SMILES string of the molecule is N[C@](O)(CO)[C@@H](O)[C@H](O)[C@@H](O)CO. The Balaban J connectivity index is 4.32. The van der Waals surface area contributed by atoms with Crippen molar-refractivity contribution in [2.75, 3.05) is 13.2 Å².